The van der Waals surface area contributed by atoms with E-state index in [1.165, 1.54) is 16.7 Å². The van der Waals surface area contributed by atoms with E-state index >= 15 is 0 Å². The van der Waals surface area contributed by atoms with Gasteiger partial charge < -0.3 is 81.2 Å². The number of carbonyl (C=O) groups is 10. The molecule has 2 aliphatic rings. The van der Waals surface area contributed by atoms with Crippen LogP contribution in [0.15, 0.2) is 0 Å². The van der Waals surface area contributed by atoms with Crippen LogP contribution in [-0.2, 0) is 47.9 Å². The summed E-state index contributed by atoms with van der Waals surface area (Å²) in [5, 5.41) is 26.1. The van der Waals surface area contributed by atoms with E-state index in [1.807, 2.05) is 6.92 Å². The van der Waals surface area contributed by atoms with E-state index in [0.717, 1.165) is 0 Å². The molecule has 10 atom stereocenters. The maximum atomic E-state index is 14.4. The average molecular weight is 1040 g/mol. The highest BCUT2D eigenvalue weighted by Crippen LogP contribution is 2.22. The van der Waals surface area contributed by atoms with Crippen LogP contribution >= 0.6 is 0 Å². The number of carboxylic acids is 1. The van der Waals surface area contributed by atoms with E-state index in [0.29, 0.717) is 103 Å². The number of nitrogens with one attached hydrogen (secondary N) is 6. The number of likely N-dealkylation sites (tertiary alicyclic amines) is 2. The van der Waals surface area contributed by atoms with Crippen LogP contribution in [0.25, 0.3) is 0 Å². The maximum Gasteiger partial charge on any atom is 0.326 e. The van der Waals surface area contributed by atoms with Gasteiger partial charge in [0, 0.05) is 19.5 Å². The molecule has 9 amide bonds. The lowest BCUT2D eigenvalue weighted by atomic mass is 9.96. The second-order valence-corrected chi connectivity index (χ2v) is 19.3. The molecule has 0 aliphatic carbocycles. The third-order valence-electron chi connectivity index (χ3n) is 13.5. The third-order valence-corrected chi connectivity index (χ3v) is 13.5. The molecule has 25 nitrogen and oxygen atoms in total. The van der Waals surface area contributed by atoms with Crippen molar-refractivity contribution < 1.29 is 53.1 Å². The number of carbonyl (C=O) groups excluding carboxylic acids is 9. The van der Waals surface area contributed by atoms with E-state index in [1.54, 1.807) is 6.92 Å². The summed E-state index contributed by atoms with van der Waals surface area (Å²) in [7, 11) is 0. The number of nitrogens with zero attached hydrogens (tertiary/aromatic N) is 2. The number of hydrogen-bond acceptors (Lipinski definition) is 15. The summed E-state index contributed by atoms with van der Waals surface area (Å²) in [4.78, 5) is 138. The minimum Gasteiger partial charge on any atom is -0.480 e. The zero-order chi connectivity index (χ0) is 54.6. The van der Waals surface area contributed by atoms with E-state index in [4.69, 9.17) is 34.4 Å². The minimum absolute atomic E-state index is 0.0561. The second kappa shape index (κ2) is 34.1. The van der Waals surface area contributed by atoms with E-state index in [9.17, 15) is 53.1 Å². The van der Waals surface area contributed by atoms with Gasteiger partial charge in [0.1, 0.15) is 48.3 Å². The van der Waals surface area contributed by atoms with Crippen molar-refractivity contribution in [3.63, 3.8) is 0 Å². The van der Waals surface area contributed by atoms with Crippen LogP contribution in [0.3, 0.4) is 0 Å². The van der Waals surface area contributed by atoms with E-state index < -0.39 is 119 Å². The van der Waals surface area contributed by atoms with Crippen LogP contribution in [0.2, 0.25) is 0 Å². The van der Waals surface area contributed by atoms with Gasteiger partial charge in [-0.15, -0.1) is 0 Å². The lowest BCUT2D eigenvalue weighted by Crippen LogP contribution is -2.61. The lowest BCUT2D eigenvalue weighted by molar-refractivity contribution is -0.144. The standard InChI is InChI=1S/C48H88N14O11/c1-4-29(2)39(60-42(66)33(17-7-11-25-51)56-43(67)36-19-13-27-61(36)46(70)30(3)53)45(69)57-32(16-6-10-24-50)40(64)58-34(21-22-38(54)63)47(71)62-28-14-20-37(62)44(68)55-31(15-5-9-23-49)41(65)59-35(48(72)73)18-8-12-26-52/h29-37,39H,4-28,49-53H2,1-3H3,(H2,54,63)(H,55,68)(H,56,67)(H,57,69)(H,58,64)(H,59,65)(H,60,66)(H,72,73)/t29-,30-,31-,32-,33-,34-,35-,36-,37-,39-/m0/s1. The van der Waals surface area contributed by atoms with Crippen LogP contribution in [0.1, 0.15) is 143 Å². The van der Waals surface area contributed by atoms with Gasteiger partial charge in [-0.25, -0.2) is 4.79 Å². The molecule has 0 unspecified atom stereocenters. The van der Waals surface area contributed by atoms with Gasteiger partial charge in [0.05, 0.1) is 6.04 Å². The Morgan fingerprint density at radius 1 is 0.521 bits per heavy atom. The molecule has 2 heterocycles. The number of primary amides is 1. The largest absolute Gasteiger partial charge is 0.480 e. The Bertz CT molecular complexity index is 1830. The quantitative estimate of drug-likeness (QED) is 0.0281. The van der Waals surface area contributed by atoms with Gasteiger partial charge in [0.2, 0.25) is 53.2 Å². The fourth-order valence-corrected chi connectivity index (χ4v) is 8.94. The van der Waals surface area contributed by atoms with Gasteiger partial charge in [-0.05, 0) is 148 Å². The Hall–Kier alpha value is -5.50. The molecular weight excluding hydrogens is 949 g/mol. The number of nitrogens with two attached hydrogens (primary N) is 6. The molecule has 19 N–H and O–H groups in total. The number of unbranched alkanes of at least 4 members (excludes halogenated alkanes) is 4. The molecule has 0 aromatic heterocycles. The molecule has 2 saturated heterocycles. The molecule has 416 valence electrons. The molecule has 25 heteroatoms. The normalized spacial score (nSPS) is 18.7. The van der Waals surface area contributed by atoms with Crippen molar-refractivity contribution in [3.8, 4) is 0 Å². The first kappa shape index (κ1) is 63.6. The van der Waals surface area contributed by atoms with Crippen LogP contribution in [0, 0.1) is 5.92 Å². The summed E-state index contributed by atoms with van der Waals surface area (Å²) in [6, 6.07) is -10.2. The molecule has 0 aromatic carbocycles. The maximum absolute atomic E-state index is 14.4. The van der Waals surface area contributed by atoms with Crippen LogP contribution in [0.5, 0.6) is 0 Å². The lowest BCUT2D eigenvalue weighted by Gasteiger charge is -2.31. The molecule has 0 bridgehead atoms. The van der Waals surface area contributed by atoms with Gasteiger partial charge >= 0.3 is 5.97 Å². The summed E-state index contributed by atoms with van der Waals surface area (Å²) < 4.78 is 0. The van der Waals surface area contributed by atoms with Crippen molar-refractivity contribution in [2.24, 2.45) is 40.3 Å². The summed E-state index contributed by atoms with van der Waals surface area (Å²) in [5.74, 6) is -7.73. The highest BCUT2D eigenvalue weighted by molar-refractivity contribution is 5.98. The number of rotatable bonds is 36. The predicted octanol–water partition coefficient (Wildman–Crippen LogP) is -2.86. The second-order valence-electron chi connectivity index (χ2n) is 19.3. The third kappa shape index (κ3) is 21.5. The average Bonchev–Trinajstić information content (AvgIpc) is 4.06. The van der Waals surface area contributed by atoms with Crippen molar-refractivity contribution in [1.82, 2.24) is 41.7 Å². The molecule has 2 aliphatic heterocycles. The molecule has 0 saturated carbocycles. The van der Waals surface area contributed by atoms with Crippen LogP contribution in [0.4, 0.5) is 0 Å². The van der Waals surface area contributed by atoms with Crippen LogP contribution < -0.4 is 66.3 Å². The molecule has 0 radical (unpaired) electrons. The van der Waals surface area contributed by atoms with Crippen molar-refractivity contribution in [2.45, 2.75) is 197 Å². The van der Waals surface area contributed by atoms with Crippen molar-refractivity contribution in [2.75, 3.05) is 39.3 Å². The summed E-state index contributed by atoms with van der Waals surface area (Å²) in [5.41, 5.74) is 34.1. The van der Waals surface area contributed by atoms with Crippen LogP contribution in [-0.4, -0.2) is 168 Å². The summed E-state index contributed by atoms with van der Waals surface area (Å²) in [6.07, 6.45) is 5.58. The van der Waals surface area contributed by atoms with Gasteiger partial charge in [-0.3, -0.25) is 43.2 Å². The Labute approximate surface area is 429 Å². The SMILES string of the molecule is CC[C@H](C)[C@H](NC(=O)[C@H](CCCCN)NC(=O)[C@@H]1CCCN1C(=O)[C@H](C)N)C(=O)N[C@@H](CCCCN)C(=O)N[C@@H](CCC(N)=O)C(=O)N1CCC[C@H]1C(=O)N[C@@H](CCCCN)C(=O)N[C@@H](CCCCN)C(=O)O. The molecule has 0 aromatic rings. The zero-order valence-electron chi connectivity index (χ0n) is 43.3. The highest BCUT2D eigenvalue weighted by Gasteiger charge is 2.41. The molecule has 73 heavy (non-hydrogen) atoms. The zero-order valence-corrected chi connectivity index (χ0v) is 43.3. The number of hydrogen-bond donors (Lipinski definition) is 13. The van der Waals surface area contributed by atoms with Gasteiger partial charge in [-0.2, -0.15) is 0 Å². The van der Waals surface area contributed by atoms with E-state index in [2.05, 4.69) is 31.9 Å². The molecule has 2 rings (SSSR count). The summed E-state index contributed by atoms with van der Waals surface area (Å²) in [6.45, 7) is 6.76. The smallest absolute Gasteiger partial charge is 0.326 e. The first-order valence-corrected chi connectivity index (χ1v) is 26.3. The van der Waals surface area contributed by atoms with E-state index in [-0.39, 0.29) is 58.0 Å². The number of amides is 9. The minimum atomic E-state index is -1.40. The van der Waals surface area contributed by atoms with Gasteiger partial charge in [-0.1, -0.05) is 20.3 Å². The summed E-state index contributed by atoms with van der Waals surface area (Å²) >= 11 is 0. The Morgan fingerprint density at radius 3 is 1.30 bits per heavy atom. The van der Waals surface area contributed by atoms with Gasteiger partial charge in [0.25, 0.3) is 0 Å². The molecule has 0 spiro atoms. The number of aliphatic carboxylic acids is 1. The fourth-order valence-electron chi connectivity index (χ4n) is 8.94. The Balaban J connectivity index is 2.39. The van der Waals surface area contributed by atoms with Crippen molar-refractivity contribution in [1.29, 1.82) is 0 Å². The van der Waals surface area contributed by atoms with Crippen molar-refractivity contribution in [3.05, 3.63) is 0 Å². The number of carboxylic acid groups (broad SMARTS) is 1. The highest BCUT2D eigenvalue weighted by atomic mass is 16.4. The monoisotopic (exact) mass is 1040 g/mol. The fraction of sp³-hybridized carbons (Fsp3) is 0.792. The molecule has 2 fully saturated rings. The Kier molecular flexibility index (Phi) is 29.7. The van der Waals surface area contributed by atoms with Crippen molar-refractivity contribution >= 4 is 59.1 Å². The molecular formula is C48H88N14O11. The van der Waals surface area contributed by atoms with Gasteiger partial charge in [0.15, 0.2) is 0 Å². The Morgan fingerprint density at radius 2 is 0.904 bits per heavy atom. The predicted molar refractivity (Wildman–Crippen MR) is 272 cm³/mol. The topological polar surface area (TPSA) is 426 Å². The first-order valence-electron chi connectivity index (χ1n) is 26.3. The first-order chi connectivity index (χ1) is 34.8.